The normalized spacial score (nSPS) is 20.4. The topological polar surface area (TPSA) is 78.0 Å². The van der Waals surface area contributed by atoms with Crippen LogP contribution in [0.2, 0.25) is 0 Å². The molecule has 0 aliphatic carbocycles. The van der Waals surface area contributed by atoms with Gasteiger partial charge in [-0.05, 0) is 34.9 Å². The Morgan fingerprint density at radius 1 is 0.794 bits per heavy atom. The Morgan fingerprint density at radius 3 is 2.21 bits per heavy atom. The van der Waals surface area contributed by atoms with Crippen LogP contribution >= 0.6 is 0 Å². The molecule has 2 aliphatic heterocycles. The van der Waals surface area contributed by atoms with Gasteiger partial charge in [-0.3, -0.25) is 19.4 Å². The number of likely N-dealkylation sites (tertiary alicyclic amines) is 1. The molecule has 1 atom stereocenters. The monoisotopic (exact) mass is 477 g/mol. The van der Waals surface area contributed by atoms with Crippen LogP contribution in [0.1, 0.15) is 12.0 Å². The van der Waals surface area contributed by atoms with E-state index in [-0.39, 0.29) is 36.2 Å². The lowest BCUT2D eigenvalue weighted by Gasteiger charge is -2.36. The molecule has 3 aromatic carbocycles. The van der Waals surface area contributed by atoms with E-state index >= 15 is 0 Å². The second-order valence-corrected chi connectivity index (χ2v) is 10.7. The first kappa shape index (κ1) is 22.7. The summed E-state index contributed by atoms with van der Waals surface area (Å²) in [6.45, 7) is 1.79. The molecule has 0 bridgehead atoms. The third-order valence-corrected chi connectivity index (χ3v) is 8.65. The van der Waals surface area contributed by atoms with E-state index in [0.717, 1.165) is 16.3 Å². The number of hydrogen-bond donors (Lipinski definition) is 0. The Hall–Kier alpha value is -3.07. The summed E-state index contributed by atoms with van der Waals surface area (Å²) in [4.78, 5) is 29.1. The number of sulfonamides is 1. The second kappa shape index (κ2) is 9.29. The van der Waals surface area contributed by atoms with Gasteiger partial charge in [-0.15, -0.1) is 0 Å². The van der Waals surface area contributed by atoms with Crippen molar-refractivity contribution in [3.8, 4) is 0 Å². The van der Waals surface area contributed by atoms with Gasteiger partial charge in [-0.1, -0.05) is 60.7 Å². The number of carbonyl (C=O) groups excluding carboxylic acids is 2. The number of nitrogens with zero attached hydrogens (tertiary/aromatic N) is 3. The van der Waals surface area contributed by atoms with Gasteiger partial charge in [0.05, 0.1) is 17.4 Å². The van der Waals surface area contributed by atoms with Gasteiger partial charge in [0.2, 0.25) is 21.8 Å². The average Bonchev–Trinajstić information content (AvgIpc) is 3.16. The van der Waals surface area contributed by atoms with Gasteiger partial charge < -0.3 is 0 Å². The highest BCUT2D eigenvalue weighted by atomic mass is 32.2. The predicted octanol–water partition coefficient (Wildman–Crippen LogP) is 2.52. The quantitative estimate of drug-likeness (QED) is 0.510. The maximum atomic E-state index is 13.2. The molecule has 0 spiro atoms. The van der Waals surface area contributed by atoms with E-state index in [4.69, 9.17) is 0 Å². The highest BCUT2D eigenvalue weighted by molar-refractivity contribution is 7.89. The average molecular weight is 478 g/mol. The number of benzene rings is 3. The second-order valence-electron chi connectivity index (χ2n) is 8.79. The number of fused-ring (bicyclic) bond motifs is 1. The van der Waals surface area contributed by atoms with Crippen molar-refractivity contribution in [2.24, 2.45) is 0 Å². The van der Waals surface area contributed by atoms with E-state index in [1.165, 1.54) is 9.21 Å². The fourth-order valence-electron chi connectivity index (χ4n) is 4.80. The Labute approximate surface area is 199 Å². The van der Waals surface area contributed by atoms with Crippen LogP contribution in [0.5, 0.6) is 0 Å². The van der Waals surface area contributed by atoms with Crippen LogP contribution in [0.15, 0.2) is 77.7 Å². The standard InChI is InChI=1S/C26H27N3O4S/c30-25-19-24(26(31)29(25)13-12-20-6-2-1-3-7-20)27-14-16-28(17-15-27)34(32,33)23-11-10-21-8-4-5-9-22(21)18-23/h1-11,18,24H,12-17,19H2. The summed E-state index contributed by atoms with van der Waals surface area (Å²) in [7, 11) is -3.63. The van der Waals surface area contributed by atoms with Gasteiger partial charge in [-0.25, -0.2) is 8.42 Å². The largest absolute Gasteiger partial charge is 0.289 e. The smallest absolute Gasteiger partial charge is 0.247 e. The predicted molar refractivity (Wildman–Crippen MR) is 130 cm³/mol. The summed E-state index contributed by atoms with van der Waals surface area (Å²) in [5, 5.41) is 1.88. The van der Waals surface area contributed by atoms with Crippen LogP contribution in [0.25, 0.3) is 10.8 Å². The molecule has 176 valence electrons. The van der Waals surface area contributed by atoms with Gasteiger partial charge in [-0.2, -0.15) is 4.31 Å². The fourth-order valence-corrected chi connectivity index (χ4v) is 6.26. The first-order valence-corrected chi connectivity index (χ1v) is 13.0. The SMILES string of the molecule is O=C1CC(N2CCN(S(=O)(=O)c3ccc4ccccc4c3)CC2)C(=O)N1CCc1ccccc1. The van der Waals surface area contributed by atoms with E-state index in [0.29, 0.717) is 26.1 Å². The molecule has 2 heterocycles. The summed E-state index contributed by atoms with van der Waals surface area (Å²) < 4.78 is 27.9. The molecule has 1 unspecified atom stereocenters. The summed E-state index contributed by atoms with van der Waals surface area (Å²) in [5.41, 5.74) is 1.08. The first-order valence-electron chi connectivity index (χ1n) is 11.5. The first-order chi connectivity index (χ1) is 16.4. The Balaban J connectivity index is 1.22. The molecule has 5 rings (SSSR count). The Morgan fingerprint density at radius 2 is 1.47 bits per heavy atom. The van der Waals surface area contributed by atoms with E-state index < -0.39 is 16.1 Å². The van der Waals surface area contributed by atoms with Crippen molar-refractivity contribution in [1.29, 1.82) is 0 Å². The molecule has 2 saturated heterocycles. The van der Waals surface area contributed by atoms with Crippen LogP contribution in [0, 0.1) is 0 Å². The van der Waals surface area contributed by atoms with Crippen molar-refractivity contribution in [1.82, 2.24) is 14.1 Å². The molecule has 2 aliphatic rings. The van der Waals surface area contributed by atoms with E-state index in [9.17, 15) is 18.0 Å². The summed E-state index contributed by atoms with van der Waals surface area (Å²) in [6.07, 6.45) is 0.786. The molecular formula is C26H27N3O4S. The minimum Gasteiger partial charge on any atom is -0.289 e. The third kappa shape index (κ3) is 4.36. The number of piperazine rings is 1. The summed E-state index contributed by atoms with van der Waals surface area (Å²) >= 11 is 0. The minimum absolute atomic E-state index is 0.155. The highest BCUT2D eigenvalue weighted by Crippen LogP contribution is 2.25. The van der Waals surface area contributed by atoms with Gasteiger partial charge in [0, 0.05) is 32.7 Å². The van der Waals surface area contributed by atoms with Crippen LogP contribution in [-0.4, -0.2) is 73.1 Å². The fraction of sp³-hybridized carbons (Fsp3) is 0.308. The molecule has 7 nitrogen and oxygen atoms in total. The lowest BCUT2D eigenvalue weighted by Crippen LogP contribution is -2.53. The van der Waals surface area contributed by atoms with Crippen molar-refractivity contribution < 1.29 is 18.0 Å². The van der Waals surface area contributed by atoms with E-state index in [1.807, 2.05) is 65.6 Å². The highest BCUT2D eigenvalue weighted by Gasteiger charge is 2.43. The maximum Gasteiger partial charge on any atom is 0.247 e. The molecule has 34 heavy (non-hydrogen) atoms. The number of rotatable bonds is 6. The zero-order valence-electron chi connectivity index (χ0n) is 18.8. The molecule has 8 heteroatoms. The van der Waals surface area contributed by atoms with Crippen molar-refractivity contribution in [2.45, 2.75) is 23.8 Å². The molecule has 0 saturated carbocycles. The number of imide groups is 1. The molecule has 0 radical (unpaired) electrons. The number of carbonyl (C=O) groups is 2. The molecular weight excluding hydrogens is 450 g/mol. The third-order valence-electron chi connectivity index (χ3n) is 6.76. The number of hydrogen-bond acceptors (Lipinski definition) is 5. The Kier molecular flexibility index (Phi) is 6.20. The van der Waals surface area contributed by atoms with Crippen LogP contribution < -0.4 is 0 Å². The molecule has 2 amide bonds. The van der Waals surface area contributed by atoms with E-state index in [2.05, 4.69) is 0 Å². The van der Waals surface area contributed by atoms with Gasteiger partial charge in [0.1, 0.15) is 0 Å². The molecule has 0 N–H and O–H groups in total. The molecule has 0 aromatic heterocycles. The van der Waals surface area contributed by atoms with Gasteiger partial charge >= 0.3 is 0 Å². The van der Waals surface area contributed by atoms with Crippen LogP contribution in [-0.2, 0) is 26.0 Å². The lowest BCUT2D eigenvalue weighted by molar-refractivity contribution is -0.139. The van der Waals surface area contributed by atoms with E-state index in [1.54, 1.807) is 12.1 Å². The minimum atomic E-state index is -3.63. The number of amides is 2. The molecule has 3 aromatic rings. The Bertz CT molecular complexity index is 1320. The van der Waals surface area contributed by atoms with Crippen molar-refractivity contribution in [2.75, 3.05) is 32.7 Å². The zero-order valence-corrected chi connectivity index (χ0v) is 19.7. The van der Waals surface area contributed by atoms with Gasteiger partial charge in [0.25, 0.3) is 0 Å². The summed E-state index contributed by atoms with van der Waals surface area (Å²) in [6, 6.07) is 22.1. The maximum absolute atomic E-state index is 13.2. The van der Waals surface area contributed by atoms with Crippen LogP contribution in [0.3, 0.4) is 0 Å². The zero-order chi connectivity index (χ0) is 23.7. The molecule has 2 fully saturated rings. The van der Waals surface area contributed by atoms with Gasteiger partial charge in [0.15, 0.2) is 0 Å². The van der Waals surface area contributed by atoms with Crippen molar-refractivity contribution in [3.05, 3.63) is 78.4 Å². The van der Waals surface area contributed by atoms with Crippen LogP contribution in [0.4, 0.5) is 0 Å². The van der Waals surface area contributed by atoms with Crippen molar-refractivity contribution >= 4 is 32.6 Å². The van der Waals surface area contributed by atoms with Crippen molar-refractivity contribution in [3.63, 3.8) is 0 Å². The summed E-state index contributed by atoms with van der Waals surface area (Å²) in [5.74, 6) is -0.330. The lowest BCUT2D eigenvalue weighted by atomic mass is 10.1.